The average Bonchev–Trinajstić information content (AvgIpc) is 3.17. The van der Waals surface area contributed by atoms with Gasteiger partial charge in [0.05, 0.1) is 35.5 Å². The second-order valence-electron chi connectivity index (χ2n) is 18.9. The van der Waals surface area contributed by atoms with Crippen LogP contribution in [0.3, 0.4) is 0 Å². The summed E-state index contributed by atoms with van der Waals surface area (Å²) in [7, 11) is -4.45. The summed E-state index contributed by atoms with van der Waals surface area (Å²) >= 11 is 0. The molecular formula is C51H105NO4S. The molecule has 0 amide bonds. The van der Waals surface area contributed by atoms with Crippen molar-refractivity contribution in [3.63, 3.8) is 0 Å². The topological polar surface area (TPSA) is 77.4 Å². The first-order valence-electron chi connectivity index (χ1n) is 26.2. The lowest BCUT2D eigenvalue weighted by molar-refractivity contribution is -0.931. The molecule has 0 aromatic heterocycles. The van der Waals surface area contributed by atoms with E-state index in [0.717, 1.165) is 43.4 Å². The van der Waals surface area contributed by atoms with Crippen molar-refractivity contribution in [2.24, 2.45) is 0 Å². The van der Waals surface area contributed by atoms with Crippen LogP contribution in [0.4, 0.5) is 0 Å². The van der Waals surface area contributed by atoms with Gasteiger partial charge in [-0.25, -0.2) is 8.42 Å². The lowest BCUT2D eigenvalue weighted by Crippen LogP contribution is -2.55. The Bertz CT molecular complexity index is 802. The highest BCUT2D eigenvalue weighted by atomic mass is 32.2. The van der Waals surface area contributed by atoms with Crippen LogP contribution >= 0.6 is 0 Å². The van der Waals surface area contributed by atoms with Crippen LogP contribution in [0.5, 0.6) is 0 Å². The van der Waals surface area contributed by atoms with Crippen molar-refractivity contribution >= 4 is 10.1 Å². The van der Waals surface area contributed by atoms with Gasteiger partial charge in [-0.1, -0.05) is 252 Å². The molecule has 0 fully saturated rings. The summed E-state index contributed by atoms with van der Waals surface area (Å²) in [5.41, 5.74) is 0. The van der Waals surface area contributed by atoms with E-state index in [1.807, 2.05) is 0 Å². The summed E-state index contributed by atoms with van der Waals surface area (Å²) in [6.07, 6.45) is 55.2. The zero-order valence-corrected chi connectivity index (χ0v) is 40.2. The summed E-state index contributed by atoms with van der Waals surface area (Å²) in [6.45, 7) is 10.3. The van der Waals surface area contributed by atoms with Crippen molar-refractivity contribution in [2.75, 3.05) is 31.9 Å². The van der Waals surface area contributed by atoms with Gasteiger partial charge in [0.1, 0.15) is 12.6 Å². The Morgan fingerprint density at radius 2 is 0.526 bits per heavy atom. The first-order chi connectivity index (χ1) is 27.8. The van der Waals surface area contributed by atoms with E-state index in [-0.39, 0.29) is 0 Å². The molecule has 57 heavy (non-hydrogen) atoms. The number of quaternary nitrogens is 1. The molecule has 0 bridgehead atoms. The lowest BCUT2D eigenvalue weighted by Gasteiger charge is -2.41. The highest BCUT2D eigenvalue weighted by Gasteiger charge is 2.30. The average molecular weight is 828 g/mol. The highest BCUT2D eigenvalue weighted by molar-refractivity contribution is 7.85. The summed E-state index contributed by atoms with van der Waals surface area (Å²) in [5, 5.41) is 11.0. The molecule has 1 atom stereocenters. The number of unbranched alkanes of at least 4 members (excludes halogenated alkanes) is 39. The maximum Gasteiger partial charge on any atom is 0.116 e. The van der Waals surface area contributed by atoms with Crippen LogP contribution in [0.2, 0.25) is 0 Å². The first kappa shape index (κ1) is 56.8. The number of hydrogen-bond donors (Lipinski definition) is 1. The number of hydrogen-bond acceptors (Lipinski definition) is 4. The fraction of sp³-hybridized carbons (Fsp3) is 1.00. The fourth-order valence-electron chi connectivity index (χ4n) is 9.27. The number of aliphatic hydroxyl groups is 1. The van der Waals surface area contributed by atoms with E-state index < -0.39 is 22.0 Å². The molecule has 0 spiro atoms. The van der Waals surface area contributed by atoms with Gasteiger partial charge in [0.15, 0.2) is 0 Å². The molecule has 0 aliphatic heterocycles. The van der Waals surface area contributed by atoms with E-state index in [4.69, 9.17) is 0 Å². The van der Waals surface area contributed by atoms with Crippen molar-refractivity contribution < 1.29 is 22.6 Å². The summed E-state index contributed by atoms with van der Waals surface area (Å²) in [4.78, 5) is 0. The molecule has 0 heterocycles. The SMILES string of the molecule is CCCCCCCCCCCCCCCC[N+](CCCCCCCCCCCCCCCC)(CCCCCCCCCCCCCCCC)CC(O)CS(=O)(=O)[O-]. The molecule has 6 heteroatoms. The molecule has 1 N–H and O–H groups in total. The van der Waals surface area contributed by atoms with E-state index in [0.29, 0.717) is 6.54 Å². The Morgan fingerprint density at radius 1 is 0.351 bits per heavy atom. The Morgan fingerprint density at radius 3 is 0.702 bits per heavy atom. The summed E-state index contributed by atoms with van der Waals surface area (Å²) in [6, 6.07) is 0. The second-order valence-corrected chi connectivity index (χ2v) is 20.3. The standard InChI is InChI=1S/C51H105NO4S/c1-4-7-10-13-16-19-22-25-28-31-34-37-40-43-46-52(49-51(53)50-57(54,55)56,47-44-41-38-35-32-29-26-23-20-17-14-11-8-5-2)48-45-42-39-36-33-30-27-24-21-18-15-12-9-6-3/h51,53H,4-50H2,1-3H3. The van der Waals surface area contributed by atoms with Crippen LogP contribution in [-0.2, 0) is 10.1 Å². The molecule has 344 valence electrons. The quantitative estimate of drug-likeness (QED) is 0.0376. The smallest absolute Gasteiger partial charge is 0.116 e. The second kappa shape index (κ2) is 43.9. The zero-order chi connectivity index (χ0) is 41.8. The number of aliphatic hydroxyl groups excluding tert-OH is 1. The first-order valence-corrected chi connectivity index (χ1v) is 27.8. The van der Waals surface area contributed by atoms with E-state index in [9.17, 15) is 18.1 Å². The highest BCUT2D eigenvalue weighted by Crippen LogP contribution is 2.21. The third kappa shape index (κ3) is 43.7. The Labute approximate surface area is 359 Å². The largest absolute Gasteiger partial charge is 0.748 e. The molecule has 0 aromatic rings. The number of rotatable bonds is 49. The number of nitrogens with zero attached hydrogens (tertiary/aromatic N) is 1. The minimum atomic E-state index is -4.45. The van der Waals surface area contributed by atoms with Crippen LogP contribution in [0, 0.1) is 0 Å². The van der Waals surface area contributed by atoms with E-state index in [1.54, 1.807) is 0 Å². The molecule has 5 nitrogen and oxygen atoms in total. The minimum Gasteiger partial charge on any atom is -0.748 e. The van der Waals surface area contributed by atoms with Gasteiger partial charge in [-0.05, 0) is 38.5 Å². The van der Waals surface area contributed by atoms with Crippen molar-refractivity contribution in [3.8, 4) is 0 Å². The predicted octanol–water partition coefficient (Wildman–Crippen LogP) is 16.2. The monoisotopic (exact) mass is 828 g/mol. The molecule has 0 rings (SSSR count). The van der Waals surface area contributed by atoms with Gasteiger partial charge in [-0.3, -0.25) is 0 Å². The molecule has 0 radical (unpaired) electrons. The van der Waals surface area contributed by atoms with Crippen molar-refractivity contribution in [3.05, 3.63) is 0 Å². The van der Waals surface area contributed by atoms with Crippen molar-refractivity contribution in [2.45, 2.75) is 297 Å². The third-order valence-corrected chi connectivity index (χ3v) is 13.7. The fourth-order valence-corrected chi connectivity index (χ4v) is 9.85. The molecule has 1 unspecified atom stereocenters. The normalized spacial score (nSPS) is 12.9. The maximum absolute atomic E-state index is 11.7. The van der Waals surface area contributed by atoms with E-state index in [2.05, 4.69) is 20.8 Å². The molecule has 0 saturated heterocycles. The third-order valence-electron chi connectivity index (χ3n) is 13.0. The van der Waals surface area contributed by atoms with Crippen molar-refractivity contribution in [1.29, 1.82) is 0 Å². The van der Waals surface area contributed by atoms with Crippen LogP contribution < -0.4 is 0 Å². The van der Waals surface area contributed by atoms with Gasteiger partial charge in [-0.15, -0.1) is 0 Å². The van der Waals surface area contributed by atoms with Gasteiger partial charge >= 0.3 is 0 Å². The maximum atomic E-state index is 11.7. The predicted molar refractivity (Wildman–Crippen MR) is 251 cm³/mol. The summed E-state index contributed by atoms with van der Waals surface area (Å²) in [5.74, 6) is -0.650. The van der Waals surface area contributed by atoms with Crippen LogP contribution in [-0.4, -0.2) is 60.6 Å². The Hall–Kier alpha value is -0.170. The van der Waals surface area contributed by atoms with Gasteiger partial charge in [-0.2, -0.15) is 0 Å². The van der Waals surface area contributed by atoms with Crippen LogP contribution in [0.1, 0.15) is 290 Å². The zero-order valence-electron chi connectivity index (χ0n) is 39.3. The van der Waals surface area contributed by atoms with E-state index >= 15 is 0 Å². The van der Waals surface area contributed by atoms with Gasteiger partial charge in [0, 0.05) is 0 Å². The van der Waals surface area contributed by atoms with Gasteiger partial charge in [0.2, 0.25) is 0 Å². The lowest BCUT2D eigenvalue weighted by atomic mass is 10.0. The Kier molecular flexibility index (Phi) is 43.8. The molecule has 0 aliphatic carbocycles. The van der Waals surface area contributed by atoms with Gasteiger partial charge < -0.3 is 14.1 Å². The molecule has 0 aromatic carbocycles. The van der Waals surface area contributed by atoms with Crippen molar-refractivity contribution in [1.82, 2.24) is 0 Å². The van der Waals surface area contributed by atoms with Gasteiger partial charge in [0.25, 0.3) is 0 Å². The summed E-state index contributed by atoms with van der Waals surface area (Å²) < 4.78 is 35.9. The minimum absolute atomic E-state index is 0.413. The Balaban J connectivity index is 4.84. The molecule has 0 saturated carbocycles. The van der Waals surface area contributed by atoms with E-state index in [1.165, 1.54) is 250 Å². The molecule has 0 aliphatic rings. The molecular weight excluding hydrogens is 723 g/mol. The van der Waals surface area contributed by atoms with Crippen LogP contribution in [0.15, 0.2) is 0 Å². The van der Waals surface area contributed by atoms with Crippen LogP contribution in [0.25, 0.3) is 0 Å².